The first-order valence-corrected chi connectivity index (χ1v) is 2.48. The first-order chi connectivity index (χ1) is 2.94. The molecule has 0 radical (unpaired) electrons. The Kier molecular flexibility index (Phi) is 1.84. The molecule has 0 rings (SSSR count). The molecule has 0 bridgehead atoms. The average molecular weight is 124 g/mol. The monoisotopic (exact) mass is 124 g/mol. The molecular formula is CH6N3O2S-. The molecule has 44 valence electrons. The average Bonchev–Trinajstić information content (AvgIpc) is 1.31. The summed E-state index contributed by atoms with van der Waals surface area (Å²) in [5.41, 5.74) is 13.9. The van der Waals surface area contributed by atoms with E-state index in [2.05, 4.69) is 17.2 Å². The second kappa shape index (κ2) is 1.85. The van der Waals surface area contributed by atoms with Gasteiger partial charge in [-0.05, 0) is 11.1 Å². The Hall–Kier alpha value is -0.0100. The van der Waals surface area contributed by atoms with Gasteiger partial charge in [0.25, 0.3) is 0 Å². The van der Waals surface area contributed by atoms with Crippen LogP contribution in [0.15, 0.2) is 0 Å². The number of rotatable bonds is 1. The first kappa shape index (κ1) is 6.99. The lowest BCUT2D eigenvalue weighted by atomic mass is 11.0. The molecule has 0 aromatic rings. The zero-order valence-corrected chi connectivity index (χ0v) is 4.27. The summed E-state index contributed by atoms with van der Waals surface area (Å²) in [4.78, 5) is 0. The Balaban J connectivity index is 3.79. The van der Waals surface area contributed by atoms with Gasteiger partial charge in [0, 0.05) is 0 Å². The fraction of sp³-hybridized carbons (Fsp3) is 1.00. The minimum absolute atomic E-state index is 2.08. The second-order valence-electron chi connectivity index (χ2n) is 1.09. The molecule has 1 atom stereocenters. The number of hydrogen-bond acceptors (Lipinski definition) is 5. The fourth-order valence-electron chi connectivity index (χ4n) is 0. The van der Waals surface area contributed by atoms with E-state index in [0.717, 1.165) is 0 Å². The van der Waals surface area contributed by atoms with Crippen molar-refractivity contribution in [2.45, 2.75) is 5.12 Å². The van der Waals surface area contributed by atoms with Gasteiger partial charge in [-0.15, -0.1) is 0 Å². The van der Waals surface area contributed by atoms with Gasteiger partial charge >= 0.3 is 0 Å². The zero-order valence-electron chi connectivity index (χ0n) is 3.46. The molecule has 6 heteroatoms. The van der Waals surface area contributed by atoms with Crippen LogP contribution in [0.3, 0.4) is 0 Å². The van der Waals surface area contributed by atoms with E-state index in [9.17, 15) is 8.76 Å². The van der Waals surface area contributed by atoms with Gasteiger partial charge in [0.1, 0.15) is 0 Å². The van der Waals surface area contributed by atoms with Crippen molar-refractivity contribution in [3.63, 3.8) is 0 Å². The van der Waals surface area contributed by atoms with Crippen LogP contribution in [0.25, 0.3) is 0 Å². The molecule has 5 nitrogen and oxygen atoms in total. The van der Waals surface area contributed by atoms with Gasteiger partial charge in [0.05, 0.1) is 0 Å². The Bertz CT molecular complexity index is 85.4. The standard InChI is InChI=1S/CH7N3O2S/c2-1(3,4)7(5)6/h2-4H2,(H,5,6)/p-1. The van der Waals surface area contributed by atoms with Crippen molar-refractivity contribution >= 4 is 11.1 Å². The summed E-state index contributed by atoms with van der Waals surface area (Å²) in [7, 11) is 0. The van der Waals surface area contributed by atoms with E-state index < -0.39 is 16.2 Å². The largest absolute Gasteiger partial charge is 0.769 e. The lowest BCUT2D eigenvalue weighted by molar-refractivity contribution is 0.484. The number of hydrogen-bond donors (Lipinski definition) is 3. The normalized spacial score (nSPS) is 16.6. The van der Waals surface area contributed by atoms with Crippen LogP contribution in [0.4, 0.5) is 0 Å². The predicted molar refractivity (Wildman–Crippen MR) is 24.2 cm³/mol. The highest BCUT2D eigenvalue weighted by atomic mass is 32.2. The van der Waals surface area contributed by atoms with Crippen molar-refractivity contribution in [3.05, 3.63) is 0 Å². The Morgan fingerprint density at radius 1 is 1.43 bits per heavy atom. The van der Waals surface area contributed by atoms with E-state index in [1.807, 2.05) is 0 Å². The molecule has 0 fully saturated rings. The molecule has 0 aliphatic heterocycles. The molecule has 7 heavy (non-hydrogen) atoms. The van der Waals surface area contributed by atoms with E-state index >= 15 is 0 Å². The molecule has 0 saturated carbocycles. The summed E-state index contributed by atoms with van der Waals surface area (Å²) < 4.78 is 19.3. The molecular weight excluding hydrogens is 118 g/mol. The minimum Gasteiger partial charge on any atom is -0.769 e. The second-order valence-corrected chi connectivity index (χ2v) is 2.26. The molecule has 0 aromatic heterocycles. The molecule has 6 N–H and O–H groups in total. The van der Waals surface area contributed by atoms with Crippen molar-refractivity contribution in [3.8, 4) is 0 Å². The van der Waals surface area contributed by atoms with Crippen LogP contribution >= 0.6 is 0 Å². The van der Waals surface area contributed by atoms with Gasteiger partial charge in [0.15, 0.2) is 5.12 Å². The van der Waals surface area contributed by atoms with Crippen molar-refractivity contribution in [2.75, 3.05) is 0 Å². The van der Waals surface area contributed by atoms with Crippen LogP contribution in [0, 0.1) is 0 Å². The van der Waals surface area contributed by atoms with Crippen molar-refractivity contribution in [1.29, 1.82) is 0 Å². The van der Waals surface area contributed by atoms with E-state index in [-0.39, 0.29) is 0 Å². The molecule has 1 unspecified atom stereocenters. The van der Waals surface area contributed by atoms with Gasteiger partial charge in [-0.3, -0.25) is 21.4 Å². The third-order valence-electron chi connectivity index (χ3n) is 0.289. The lowest BCUT2D eigenvalue weighted by Gasteiger charge is -2.20. The molecule has 0 saturated heterocycles. The van der Waals surface area contributed by atoms with Crippen LogP contribution in [0.5, 0.6) is 0 Å². The minimum atomic E-state index is -2.60. The van der Waals surface area contributed by atoms with Crippen LogP contribution in [0.1, 0.15) is 0 Å². The van der Waals surface area contributed by atoms with Crippen LogP contribution in [-0.4, -0.2) is 13.9 Å². The SMILES string of the molecule is NC(N)(N)S(=O)[O-]. The lowest BCUT2D eigenvalue weighted by Crippen LogP contribution is -2.61. The summed E-state index contributed by atoms with van der Waals surface area (Å²) in [5.74, 6) is 0. The van der Waals surface area contributed by atoms with Gasteiger partial charge in [-0.25, -0.2) is 0 Å². The maximum atomic E-state index is 9.65. The highest BCUT2D eigenvalue weighted by molar-refractivity contribution is 7.80. The van der Waals surface area contributed by atoms with Crippen molar-refractivity contribution < 1.29 is 8.76 Å². The Labute approximate surface area is 43.1 Å². The summed E-state index contributed by atoms with van der Waals surface area (Å²) in [5, 5.41) is -2.08. The van der Waals surface area contributed by atoms with Crippen molar-refractivity contribution in [2.24, 2.45) is 17.2 Å². The molecule has 0 amide bonds. The van der Waals surface area contributed by atoms with Crippen LogP contribution < -0.4 is 17.2 Å². The van der Waals surface area contributed by atoms with Crippen LogP contribution in [0.2, 0.25) is 0 Å². The van der Waals surface area contributed by atoms with Gasteiger partial charge in [-0.2, -0.15) is 0 Å². The maximum absolute atomic E-state index is 9.65. The van der Waals surface area contributed by atoms with E-state index in [1.54, 1.807) is 0 Å². The Morgan fingerprint density at radius 2 is 1.57 bits per heavy atom. The smallest absolute Gasteiger partial charge is 0.181 e. The van der Waals surface area contributed by atoms with E-state index in [0.29, 0.717) is 0 Å². The molecule has 0 spiro atoms. The summed E-state index contributed by atoms with van der Waals surface area (Å²) in [6.45, 7) is 0. The predicted octanol–water partition coefficient (Wildman–Crippen LogP) is -2.65. The molecule has 0 aliphatic carbocycles. The van der Waals surface area contributed by atoms with Gasteiger partial charge in [-0.1, -0.05) is 0 Å². The van der Waals surface area contributed by atoms with Gasteiger partial charge in [0.2, 0.25) is 0 Å². The topological polar surface area (TPSA) is 118 Å². The fourth-order valence-corrected chi connectivity index (χ4v) is 0. The summed E-state index contributed by atoms with van der Waals surface area (Å²) in [6, 6.07) is 0. The third kappa shape index (κ3) is 2.66. The highest BCUT2D eigenvalue weighted by Gasteiger charge is 2.09. The zero-order chi connectivity index (χ0) is 6.08. The summed E-state index contributed by atoms with van der Waals surface area (Å²) >= 11 is -2.60. The summed E-state index contributed by atoms with van der Waals surface area (Å²) in [6.07, 6.45) is 0. The molecule has 0 aromatic carbocycles. The number of nitrogens with two attached hydrogens (primary N) is 3. The Morgan fingerprint density at radius 3 is 1.57 bits per heavy atom. The van der Waals surface area contributed by atoms with E-state index in [4.69, 9.17) is 0 Å². The third-order valence-corrected chi connectivity index (χ3v) is 0.866. The maximum Gasteiger partial charge on any atom is 0.181 e. The highest BCUT2D eigenvalue weighted by Crippen LogP contribution is 1.79. The van der Waals surface area contributed by atoms with Crippen molar-refractivity contribution in [1.82, 2.24) is 0 Å². The van der Waals surface area contributed by atoms with Crippen LogP contribution in [-0.2, 0) is 11.1 Å². The van der Waals surface area contributed by atoms with E-state index in [1.165, 1.54) is 0 Å². The molecule has 0 heterocycles. The first-order valence-electron chi connectivity index (χ1n) is 1.40. The molecule has 0 aliphatic rings. The quantitative estimate of drug-likeness (QED) is 0.260. The van der Waals surface area contributed by atoms with Gasteiger partial charge < -0.3 is 4.55 Å².